The van der Waals surface area contributed by atoms with Gasteiger partial charge in [-0.3, -0.25) is 4.79 Å². The molecule has 1 N–H and O–H groups in total. The van der Waals surface area contributed by atoms with E-state index < -0.39 is 0 Å². The van der Waals surface area contributed by atoms with Gasteiger partial charge in [0.1, 0.15) is 11.6 Å². The minimum Gasteiger partial charge on any atom is -0.451 e. The van der Waals surface area contributed by atoms with Crippen LogP contribution >= 0.6 is 0 Å². The Hall–Kier alpha value is -2.18. The third-order valence-electron chi connectivity index (χ3n) is 5.05. The smallest absolute Gasteiger partial charge is 0.287 e. The number of piperazine rings is 1. The fourth-order valence-corrected chi connectivity index (χ4v) is 3.38. The number of amides is 1. The van der Waals surface area contributed by atoms with Gasteiger partial charge >= 0.3 is 0 Å². The SMILES string of the molecule is CCN1CCN(CC(C)CNC(=O)c2ccc(-c3ccc(F)cc3)o2)CC1. The number of nitrogens with one attached hydrogen (secondary N) is 1. The van der Waals surface area contributed by atoms with Gasteiger partial charge in [-0.05, 0) is 48.9 Å². The second-order valence-corrected chi connectivity index (χ2v) is 7.22. The minimum atomic E-state index is -0.298. The van der Waals surface area contributed by atoms with Crippen LogP contribution in [0.4, 0.5) is 4.39 Å². The molecule has 1 aromatic carbocycles. The van der Waals surface area contributed by atoms with E-state index >= 15 is 0 Å². The number of hydrogen-bond donors (Lipinski definition) is 1. The predicted molar refractivity (Wildman–Crippen MR) is 104 cm³/mol. The molecule has 3 rings (SSSR count). The van der Waals surface area contributed by atoms with Gasteiger partial charge < -0.3 is 19.5 Å². The van der Waals surface area contributed by atoms with Crippen molar-refractivity contribution in [1.82, 2.24) is 15.1 Å². The van der Waals surface area contributed by atoms with Crippen molar-refractivity contribution < 1.29 is 13.6 Å². The Labute approximate surface area is 160 Å². The van der Waals surface area contributed by atoms with E-state index in [1.807, 2.05) is 0 Å². The van der Waals surface area contributed by atoms with Crippen LogP contribution in [0, 0.1) is 11.7 Å². The van der Waals surface area contributed by atoms with Gasteiger partial charge in [-0.15, -0.1) is 0 Å². The van der Waals surface area contributed by atoms with Crippen molar-refractivity contribution >= 4 is 5.91 Å². The first-order valence-corrected chi connectivity index (χ1v) is 9.64. The summed E-state index contributed by atoms with van der Waals surface area (Å²) in [6.45, 7) is 11.5. The highest BCUT2D eigenvalue weighted by atomic mass is 19.1. The Morgan fingerprint density at radius 2 is 1.78 bits per heavy atom. The van der Waals surface area contributed by atoms with Crippen molar-refractivity contribution in [2.45, 2.75) is 13.8 Å². The van der Waals surface area contributed by atoms with Crippen molar-refractivity contribution in [1.29, 1.82) is 0 Å². The Kier molecular flexibility index (Phi) is 6.63. The van der Waals surface area contributed by atoms with Crippen molar-refractivity contribution in [3.8, 4) is 11.3 Å². The van der Waals surface area contributed by atoms with Crippen molar-refractivity contribution in [2.75, 3.05) is 45.8 Å². The van der Waals surface area contributed by atoms with E-state index in [2.05, 4.69) is 29.0 Å². The van der Waals surface area contributed by atoms with Crippen LogP contribution in [-0.2, 0) is 0 Å². The van der Waals surface area contributed by atoms with Gasteiger partial charge in [0.25, 0.3) is 5.91 Å². The molecule has 27 heavy (non-hydrogen) atoms. The summed E-state index contributed by atoms with van der Waals surface area (Å²) in [4.78, 5) is 17.3. The third kappa shape index (κ3) is 5.40. The van der Waals surface area contributed by atoms with Gasteiger partial charge in [-0.25, -0.2) is 4.39 Å². The van der Waals surface area contributed by atoms with Crippen LogP contribution in [0.1, 0.15) is 24.4 Å². The van der Waals surface area contributed by atoms with Gasteiger partial charge in [0.15, 0.2) is 5.76 Å². The molecule has 0 bridgehead atoms. The number of benzene rings is 1. The maximum absolute atomic E-state index is 13.0. The van der Waals surface area contributed by atoms with Crippen LogP contribution in [0.15, 0.2) is 40.8 Å². The molecule has 1 fully saturated rings. The molecule has 2 heterocycles. The zero-order chi connectivity index (χ0) is 19.2. The second kappa shape index (κ2) is 9.15. The van der Waals surface area contributed by atoms with E-state index in [1.54, 1.807) is 24.3 Å². The van der Waals surface area contributed by atoms with E-state index in [-0.39, 0.29) is 17.5 Å². The molecule has 1 amide bonds. The van der Waals surface area contributed by atoms with Gasteiger partial charge in [0.05, 0.1) is 0 Å². The van der Waals surface area contributed by atoms with Crippen LogP contribution in [0.3, 0.4) is 0 Å². The molecule has 0 aliphatic carbocycles. The van der Waals surface area contributed by atoms with Crippen LogP contribution in [0.25, 0.3) is 11.3 Å². The number of hydrogen-bond acceptors (Lipinski definition) is 4. The van der Waals surface area contributed by atoms with Crippen molar-refractivity contribution in [3.63, 3.8) is 0 Å². The molecule has 1 aliphatic heterocycles. The van der Waals surface area contributed by atoms with Gasteiger partial charge in [0, 0.05) is 44.8 Å². The molecule has 0 spiro atoms. The monoisotopic (exact) mass is 373 g/mol. The summed E-state index contributed by atoms with van der Waals surface area (Å²) >= 11 is 0. The zero-order valence-electron chi connectivity index (χ0n) is 16.1. The quantitative estimate of drug-likeness (QED) is 0.810. The number of likely N-dealkylation sites (N-methyl/N-ethyl adjacent to an activating group) is 1. The Morgan fingerprint density at radius 1 is 1.11 bits per heavy atom. The van der Waals surface area contributed by atoms with E-state index in [4.69, 9.17) is 4.42 Å². The fraction of sp³-hybridized carbons (Fsp3) is 0.476. The topological polar surface area (TPSA) is 48.7 Å². The molecule has 5 nitrogen and oxygen atoms in total. The van der Waals surface area contributed by atoms with Crippen LogP contribution in [0.2, 0.25) is 0 Å². The molecule has 2 aromatic rings. The second-order valence-electron chi connectivity index (χ2n) is 7.22. The molecule has 6 heteroatoms. The lowest BCUT2D eigenvalue weighted by Gasteiger charge is -2.35. The molecule has 1 aromatic heterocycles. The summed E-state index contributed by atoms with van der Waals surface area (Å²) in [7, 11) is 0. The normalized spacial score (nSPS) is 17.0. The Morgan fingerprint density at radius 3 is 2.44 bits per heavy atom. The molecular weight excluding hydrogens is 345 g/mol. The van der Waals surface area contributed by atoms with Gasteiger partial charge in [-0.2, -0.15) is 0 Å². The Bertz CT molecular complexity index is 736. The summed E-state index contributed by atoms with van der Waals surface area (Å²) in [5.74, 6) is 0.688. The number of carbonyl (C=O) groups excluding carboxylic acids is 1. The molecule has 146 valence electrons. The van der Waals surface area contributed by atoms with Crippen molar-refractivity contribution in [3.05, 3.63) is 48.0 Å². The molecule has 1 saturated heterocycles. The number of halogens is 1. The lowest BCUT2D eigenvalue weighted by molar-refractivity contribution is 0.0907. The fourth-order valence-electron chi connectivity index (χ4n) is 3.38. The van der Waals surface area contributed by atoms with Crippen LogP contribution < -0.4 is 5.32 Å². The summed E-state index contributed by atoms with van der Waals surface area (Å²) in [5.41, 5.74) is 0.745. The molecule has 1 atom stereocenters. The highest BCUT2D eigenvalue weighted by Gasteiger charge is 2.18. The zero-order valence-corrected chi connectivity index (χ0v) is 16.1. The van der Waals surface area contributed by atoms with Crippen LogP contribution in [0.5, 0.6) is 0 Å². The third-order valence-corrected chi connectivity index (χ3v) is 5.05. The lowest BCUT2D eigenvalue weighted by atomic mass is 10.1. The van der Waals surface area contributed by atoms with E-state index in [0.29, 0.717) is 18.2 Å². The largest absolute Gasteiger partial charge is 0.451 e. The minimum absolute atomic E-state index is 0.217. The molecule has 0 saturated carbocycles. The van der Waals surface area contributed by atoms with E-state index in [9.17, 15) is 9.18 Å². The standard InChI is InChI=1S/C21H28FN3O2/c1-3-24-10-12-25(13-11-24)15-16(2)14-23-21(26)20-9-8-19(27-20)17-4-6-18(22)7-5-17/h4-9,16H,3,10-15H2,1-2H3,(H,23,26). The number of nitrogens with zero attached hydrogens (tertiary/aromatic N) is 2. The highest BCUT2D eigenvalue weighted by molar-refractivity contribution is 5.92. The summed E-state index contributed by atoms with van der Waals surface area (Å²) in [5, 5.41) is 2.95. The lowest BCUT2D eigenvalue weighted by Crippen LogP contribution is -2.48. The summed E-state index contributed by atoms with van der Waals surface area (Å²) < 4.78 is 18.6. The first-order chi connectivity index (χ1) is 13.0. The van der Waals surface area contributed by atoms with E-state index in [1.165, 1.54) is 12.1 Å². The van der Waals surface area contributed by atoms with E-state index in [0.717, 1.165) is 44.8 Å². The number of carbonyl (C=O) groups is 1. The average molecular weight is 373 g/mol. The number of rotatable bonds is 7. The summed E-state index contributed by atoms with van der Waals surface area (Å²) in [6, 6.07) is 9.41. The van der Waals surface area contributed by atoms with Crippen molar-refractivity contribution in [2.24, 2.45) is 5.92 Å². The van der Waals surface area contributed by atoms with Gasteiger partial charge in [0.2, 0.25) is 0 Å². The van der Waals surface area contributed by atoms with Gasteiger partial charge in [-0.1, -0.05) is 13.8 Å². The Balaban J connectivity index is 1.46. The highest BCUT2D eigenvalue weighted by Crippen LogP contribution is 2.22. The molecule has 1 aliphatic rings. The first-order valence-electron chi connectivity index (χ1n) is 9.64. The summed E-state index contributed by atoms with van der Waals surface area (Å²) in [6.07, 6.45) is 0. The maximum Gasteiger partial charge on any atom is 0.287 e. The maximum atomic E-state index is 13.0. The number of furan rings is 1. The van der Waals surface area contributed by atoms with Crippen LogP contribution in [-0.4, -0.2) is 61.5 Å². The molecule has 1 unspecified atom stereocenters. The predicted octanol–water partition coefficient (Wildman–Crippen LogP) is 3.09. The molecule has 0 radical (unpaired) electrons. The molecular formula is C21H28FN3O2. The average Bonchev–Trinajstić information content (AvgIpc) is 3.17. The first kappa shape index (κ1) is 19.6.